The third kappa shape index (κ3) is 4.41. The van der Waals surface area contributed by atoms with Crippen LogP contribution >= 0.6 is 0 Å². The van der Waals surface area contributed by atoms with Crippen LogP contribution in [0.15, 0.2) is 34.7 Å². The van der Waals surface area contributed by atoms with Crippen LogP contribution in [-0.4, -0.2) is 35.0 Å². The highest BCUT2D eigenvalue weighted by Crippen LogP contribution is 2.20. The first kappa shape index (κ1) is 18.0. The molecular weight excluding hydrogens is 334 g/mol. The Kier molecular flexibility index (Phi) is 5.55. The number of carbonyl (C=O) groups is 2. The average molecular weight is 357 g/mol. The van der Waals surface area contributed by atoms with Crippen LogP contribution in [0.3, 0.4) is 0 Å². The van der Waals surface area contributed by atoms with Gasteiger partial charge in [0.05, 0.1) is 11.6 Å². The molecule has 2 heterocycles. The number of piperidine rings is 1. The van der Waals surface area contributed by atoms with Crippen molar-refractivity contribution in [2.45, 2.75) is 33.3 Å². The highest BCUT2D eigenvalue weighted by Gasteiger charge is 2.29. The molecule has 1 aromatic carbocycles. The summed E-state index contributed by atoms with van der Waals surface area (Å²) in [5, 5.41) is 2.85. The minimum Gasteiger partial charge on any atom is -0.455 e. The number of esters is 1. The molecule has 0 saturated carbocycles. The number of amides is 2. The van der Waals surface area contributed by atoms with Crippen molar-refractivity contribution in [3.63, 3.8) is 0 Å². The monoisotopic (exact) mass is 357 g/mol. The first-order valence-electron chi connectivity index (χ1n) is 8.73. The molecule has 138 valence electrons. The molecule has 26 heavy (non-hydrogen) atoms. The topological polar surface area (TPSA) is 84.7 Å². The first-order chi connectivity index (χ1) is 12.5. The zero-order valence-electron chi connectivity index (χ0n) is 15.0. The van der Waals surface area contributed by atoms with Crippen LogP contribution in [-0.2, 0) is 16.1 Å². The Bertz CT molecular complexity index is 753. The van der Waals surface area contributed by atoms with Crippen molar-refractivity contribution in [3.8, 4) is 0 Å². The summed E-state index contributed by atoms with van der Waals surface area (Å²) in [6, 6.07) is 9.06. The number of anilines is 1. The van der Waals surface area contributed by atoms with Gasteiger partial charge in [-0.05, 0) is 38.8 Å². The number of nitrogens with one attached hydrogen (secondary N) is 1. The number of likely N-dealkylation sites (tertiary alicyclic amines) is 1. The van der Waals surface area contributed by atoms with Crippen LogP contribution in [0.5, 0.6) is 0 Å². The summed E-state index contributed by atoms with van der Waals surface area (Å²) in [6.45, 7) is 4.65. The number of carbonyl (C=O) groups excluding carboxylic acids is 2. The van der Waals surface area contributed by atoms with Gasteiger partial charge in [0.15, 0.2) is 6.61 Å². The lowest BCUT2D eigenvalue weighted by Gasteiger charge is -2.31. The molecule has 0 spiro atoms. The summed E-state index contributed by atoms with van der Waals surface area (Å²) in [6.07, 6.45) is 1.47. The van der Waals surface area contributed by atoms with E-state index in [9.17, 15) is 9.59 Å². The van der Waals surface area contributed by atoms with Crippen molar-refractivity contribution in [1.82, 2.24) is 9.88 Å². The quantitative estimate of drug-likeness (QED) is 0.849. The maximum Gasteiger partial charge on any atom is 0.321 e. The van der Waals surface area contributed by atoms with Gasteiger partial charge in [-0.3, -0.25) is 4.79 Å². The van der Waals surface area contributed by atoms with E-state index in [1.165, 1.54) is 0 Å². The van der Waals surface area contributed by atoms with Gasteiger partial charge in [-0.15, -0.1) is 0 Å². The van der Waals surface area contributed by atoms with Gasteiger partial charge in [0.1, 0.15) is 5.76 Å². The number of urea groups is 1. The summed E-state index contributed by atoms with van der Waals surface area (Å²) < 4.78 is 10.7. The number of para-hydroxylation sites is 1. The molecule has 7 heteroatoms. The Labute approximate surface area is 152 Å². The Morgan fingerprint density at radius 3 is 2.77 bits per heavy atom. The summed E-state index contributed by atoms with van der Waals surface area (Å²) in [5.41, 5.74) is 1.52. The van der Waals surface area contributed by atoms with Gasteiger partial charge in [0, 0.05) is 18.8 Å². The second-order valence-electron chi connectivity index (χ2n) is 6.44. The summed E-state index contributed by atoms with van der Waals surface area (Å²) >= 11 is 0. The van der Waals surface area contributed by atoms with Crippen LogP contribution in [0.4, 0.5) is 10.5 Å². The second kappa shape index (κ2) is 8.03. The van der Waals surface area contributed by atoms with E-state index in [-0.39, 0.29) is 24.5 Å². The predicted octanol–water partition coefficient (Wildman–Crippen LogP) is 3.28. The number of aryl methyl sites for hydroxylation is 2. The van der Waals surface area contributed by atoms with E-state index in [1.807, 2.05) is 44.2 Å². The molecule has 1 saturated heterocycles. The van der Waals surface area contributed by atoms with E-state index in [0.717, 1.165) is 23.6 Å². The van der Waals surface area contributed by atoms with E-state index in [1.54, 1.807) is 4.90 Å². The third-order valence-electron chi connectivity index (χ3n) is 4.48. The van der Waals surface area contributed by atoms with Crippen molar-refractivity contribution in [1.29, 1.82) is 0 Å². The number of nitrogens with zero attached hydrogens (tertiary/aromatic N) is 2. The fourth-order valence-corrected chi connectivity index (χ4v) is 2.93. The summed E-state index contributed by atoms with van der Waals surface area (Å²) in [7, 11) is 0. The minimum atomic E-state index is -0.331. The van der Waals surface area contributed by atoms with E-state index < -0.39 is 0 Å². The van der Waals surface area contributed by atoms with Crippen molar-refractivity contribution in [3.05, 3.63) is 47.7 Å². The molecule has 0 aliphatic carbocycles. The van der Waals surface area contributed by atoms with Crippen LogP contribution in [0, 0.1) is 19.8 Å². The molecule has 1 fully saturated rings. The van der Waals surface area contributed by atoms with Crippen LogP contribution < -0.4 is 5.32 Å². The molecule has 7 nitrogen and oxygen atoms in total. The molecule has 3 rings (SSSR count). The smallest absolute Gasteiger partial charge is 0.321 e. The van der Waals surface area contributed by atoms with E-state index in [4.69, 9.17) is 9.15 Å². The molecule has 1 aromatic heterocycles. The van der Waals surface area contributed by atoms with Gasteiger partial charge in [0.25, 0.3) is 0 Å². The highest BCUT2D eigenvalue weighted by molar-refractivity contribution is 5.89. The van der Waals surface area contributed by atoms with Gasteiger partial charge < -0.3 is 19.4 Å². The number of oxazole rings is 1. The number of benzene rings is 1. The lowest BCUT2D eigenvalue weighted by molar-refractivity contribution is -0.152. The van der Waals surface area contributed by atoms with Gasteiger partial charge >= 0.3 is 12.0 Å². The van der Waals surface area contributed by atoms with E-state index in [0.29, 0.717) is 25.4 Å². The molecule has 1 aliphatic rings. The molecule has 0 bridgehead atoms. The molecule has 2 amide bonds. The molecule has 1 atom stereocenters. The second-order valence-corrected chi connectivity index (χ2v) is 6.44. The van der Waals surface area contributed by atoms with Gasteiger partial charge in [-0.2, -0.15) is 0 Å². The number of hydrogen-bond acceptors (Lipinski definition) is 5. The molecular formula is C19H23N3O4. The Morgan fingerprint density at radius 1 is 1.31 bits per heavy atom. The molecule has 1 N–H and O–H groups in total. The summed E-state index contributed by atoms with van der Waals surface area (Å²) in [4.78, 5) is 30.6. The number of aromatic nitrogens is 1. The molecule has 0 radical (unpaired) electrons. The molecule has 1 unspecified atom stereocenters. The fourth-order valence-electron chi connectivity index (χ4n) is 2.93. The SMILES string of the molecule is Cc1nc(COC(=O)C2CCCN(C(=O)Nc3ccccc3)C2)oc1C. The van der Waals surface area contributed by atoms with Gasteiger partial charge in [-0.1, -0.05) is 18.2 Å². The van der Waals surface area contributed by atoms with E-state index in [2.05, 4.69) is 10.3 Å². The van der Waals surface area contributed by atoms with Crippen LogP contribution in [0.25, 0.3) is 0 Å². The highest BCUT2D eigenvalue weighted by atomic mass is 16.5. The zero-order valence-corrected chi connectivity index (χ0v) is 15.0. The van der Waals surface area contributed by atoms with Crippen molar-refractivity contribution in [2.75, 3.05) is 18.4 Å². The van der Waals surface area contributed by atoms with Crippen molar-refractivity contribution in [2.24, 2.45) is 5.92 Å². The lowest BCUT2D eigenvalue weighted by Crippen LogP contribution is -2.44. The Balaban J connectivity index is 1.52. The number of rotatable bonds is 4. The standard InChI is InChI=1S/C19H23N3O4/c1-13-14(2)26-17(20-13)12-25-18(23)15-7-6-10-22(11-15)19(24)21-16-8-4-3-5-9-16/h3-5,8-9,15H,6-7,10-12H2,1-2H3,(H,21,24). The molecule has 1 aliphatic heterocycles. The molecule has 2 aromatic rings. The normalized spacial score (nSPS) is 17.0. The van der Waals surface area contributed by atoms with E-state index >= 15 is 0 Å². The zero-order chi connectivity index (χ0) is 18.5. The van der Waals surface area contributed by atoms with Crippen molar-refractivity contribution >= 4 is 17.7 Å². The summed E-state index contributed by atoms with van der Waals surface area (Å²) in [5.74, 6) is 0.457. The van der Waals surface area contributed by atoms with Gasteiger partial charge in [-0.25, -0.2) is 9.78 Å². The van der Waals surface area contributed by atoms with Crippen LogP contribution in [0.2, 0.25) is 0 Å². The Hall–Kier alpha value is -2.83. The first-order valence-corrected chi connectivity index (χ1v) is 8.73. The number of hydrogen-bond donors (Lipinski definition) is 1. The largest absolute Gasteiger partial charge is 0.455 e. The number of ether oxygens (including phenoxy) is 1. The van der Waals surface area contributed by atoms with Gasteiger partial charge in [0.2, 0.25) is 5.89 Å². The van der Waals surface area contributed by atoms with Crippen LogP contribution in [0.1, 0.15) is 30.2 Å². The third-order valence-corrected chi connectivity index (χ3v) is 4.48. The predicted molar refractivity (Wildman–Crippen MR) is 95.5 cm³/mol. The maximum absolute atomic E-state index is 12.4. The minimum absolute atomic E-state index is 0.0141. The van der Waals surface area contributed by atoms with Crippen molar-refractivity contribution < 1.29 is 18.7 Å². The average Bonchev–Trinajstić information content (AvgIpc) is 2.98. The fraction of sp³-hybridized carbons (Fsp3) is 0.421. The maximum atomic E-state index is 12.4. The lowest BCUT2D eigenvalue weighted by atomic mass is 9.98. The Morgan fingerprint density at radius 2 is 2.08 bits per heavy atom.